The molecule has 2 fully saturated rings. The Morgan fingerprint density at radius 2 is 2.08 bits per heavy atom. The zero-order valence-corrected chi connectivity index (χ0v) is 7.62. The Labute approximate surface area is 77.6 Å². The summed E-state index contributed by atoms with van der Waals surface area (Å²) in [6.07, 6.45) is 4.51. The van der Waals surface area contributed by atoms with Crippen LogP contribution in [0.2, 0.25) is 0 Å². The Morgan fingerprint density at radius 1 is 1.38 bits per heavy atom. The highest BCUT2D eigenvalue weighted by Gasteiger charge is 2.26. The Hall–Kier alpha value is -1.06. The second-order valence-electron chi connectivity index (χ2n) is 3.86. The van der Waals surface area contributed by atoms with Gasteiger partial charge in [-0.1, -0.05) is 0 Å². The van der Waals surface area contributed by atoms with Gasteiger partial charge in [-0.05, 0) is 25.7 Å². The molecule has 0 aromatic heterocycles. The van der Waals surface area contributed by atoms with Gasteiger partial charge in [0.2, 0.25) is 5.91 Å². The lowest BCUT2D eigenvalue weighted by molar-refractivity contribution is -0.119. The minimum absolute atomic E-state index is 0.00565. The van der Waals surface area contributed by atoms with E-state index in [0.717, 1.165) is 25.7 Å². The van der Waals surface area contributed by atoms with Crippen molar-refractivity contribution in [3.8, 4) is 0 Å². The molecule has 0 spiro atoms. The van der Waals surface area contributed by atoms with Crippen molar-refractivity contribution in [2.24, 2.45) is 16.6 Å². The van der Waals surface area contributed by atoms with E-state index >= 15 is 0 Å². The summed E-state index contributed by atoms with van der Waals surface area (Å²) >= 11 is 0. The van der Waals surface area contributed by atoms with Gasteiger partial charge in [0.25, 0.3) is 0 Å². The second kappa shape index (κ2) is 3.36. The van der Waals surface area contributed by atoms with Gasteiger partial charge in [0.15, 0.2) is 0 Å². The van der Waals surface area contributed by atoms with Crippen LogP contribution in [0.5, 0.6) is 0 Å². The minimum atomic E-state index is 0.00565. The molecule has 1 amide bonds. The molecule has 2 aliphatic carbocycles. The average molecular weight is 181 g/mol. The van der Waals surface area contributed by atoms with Crippen LogP contribution in [0.3, 0.4) is 0 Å². The quantitative estimate of drug-likeness (QED) is 0.474. The van der Waals surface area contributed by atoms with Crippen molar-refractivity contribution in [3.05, 3.63) is 0 Å². The van der Waals surface area contributed by atoms with E-state index in [1.54, 1.807) is 0 Å². The summed E-state index contributed by atoms with van der Waals surface area (Å²) in [5.41, 5.74) is 5.64. The smallest absolute Gasteiger partial charge is 0.241 e. The van der Waals surface area contributed by atoms with Gasteiger partial charge in [0.1, 0.15) is 6.54 Å². The van der Waals surface area contributed by atoms with E-state index in [9.17, 15) is 4.79 Å². The topological polar surface area (TPSA) is 67.5 Å². The lowest BCUT2D eigenvalue weighted by Crippen LogP contribution is -2.28. The van der Waals surface area contributed by atoms with Crippen LogP contribution in [0.15, 0.2) is 4.99 Å². The number of amides is 1. The van der Waals surface area contributed by atoms with Gasteiger partial charge in [0, 0.05) is 12.0 Å². The monoisotopic (exact) mass is 181 g/mol. The molecule has 13 heavy (non-hydrogen) atoms. The summed E-state index contributed by atoms with van der Waals surface area (Å²) in [5, 5.41) is 2.87. The molecule has 0 aliphatic heterocycles. The molecule has 72 valence electrons. The first-order chi connectivity index (χ1) is 6.25. The molecule has 0 atom stereocenters. The van der Waals surface area contributed by atoms with Gasteiger partial charge in [-0.2, -0.15) is 0 Å². The fourth-order valence-electron chi connectivity index (χ4n) is 1.17. The molecule has 4 nitrogen and oxygen atoms in total. The number of nitrogens with one attached hydrogen (secondary N) is 1. The van der Waals surface area contributed by atoms with Crippen molar-refractivity contribution < 1.29 is 4.79 Å². The normalized spacial score (nSPS) is 22.9. The number of nitrogens with two attached hydrogens (primary N) is 1. The first-order valence-electron chi connectivity index (χ1n) is 4.85. The van der Waals surface area contributed by atoms with Gasteiger partial charge in [-0.15, -0.1) is 0 Å². The largest absolute Gasteiger partial charge is 0.387 e. The Bertz CT molecular complexity index is 241. The van der Waals surface area contributed by atoms with E-state index in [1.807, 2.05) is 0 Å². The third-order valence-electron chi connectivity index (χ3n) is 2.34. The number of nitrogens with zero attached hydrogens (tertiary/aromatic N) is 1. The van der Waals surface area contributed by atoms with Crippen LogP contribution in [0.1, 0.15) is 25.7 Å². The predicted octanol–water partition coefficient (Wildman–Crippen LogP) is 0.0322. The van der Waals surface area contributed by atoms with Gasteiger partial charge >= 0.3 is 0 Å². The third kappa shape index (κ3) is 2.72. The molecule has 0 heterocycles. The predicted molar refractivity (Wildman–Crippen MR) is 50.4 cm³/mol. The van der Waals surface area contributed by atoms with Crippen LogP contribution in [-0.4, -0.2) is 24.3 Å². The van der Waals surface area contributed by atoms with Gasteiger partial charge in [-0.25, -0.2) is 0 Å². The van der Waals surface area contributed by atoms with Crippen LogP contribution in [-0.2, 0) is 4.79 Å². The Morgan fingerprint density at radius 3 is 2.62 bits per heavy atom. The lowest BCUT2D eigenvalue weighted by atomic mass is 10.4. The Kier molecular flexibility index (Phi) is 2.20. The molecule has 4 heteroatoms. The van der Waals surface area contributed by atoms with E-state index in [0.29, 0.717) is 17.8 Å². The number of aliphatic imine (C=N–C) groups is 1. The van der Waals surface area contributed by atoms with Gasteiger partial charge in [-0.3, -0.25) is 9.79 Å². The van der Waals surface area contributed by atoms with E-state index in [1.165, 1.54) is 0 Å². The SMILES string of the molecule is NC(=NCC(=O)NC1CC1)C1CC1. The van der Waals surface area contributed by atoms with E-state index in [2.05, 4.69) is 10.3 Å². The zero-order valence-electron chi connectivity index (χ0n) is 7.62. The number of carbonyl (C=O) groups excluding carboxylic acids is 1. The Balaban J connectivity index is 1.69. The first-order valence-corrected chi connectivity index (χ1v) is 4.85. The molecule has 0 saturated heterocycles. The molecule has 2 rings (SSSR count). The second-order valence-corrected chi connectivity index (χ2v) is 3.86. The maximum absolute atomic E-state index is 11.2. The fourth-order valence-corrected chi connectivity index (χ4v) is 1.17. The number of hydrogen-bond acceptors (Lipinski definition) is 2. The number of rotatable bonds is 4. The zero-order chi connectivity index (χ0) is 9.26. The molecule has 0 unspecified atom stereocenters. The van der Waals surface area contributed by atoms with Crippen molar-refractivity contribution in [3.63, 3.8) is 0 Å². The minimum Gasteiger partial charge on any atom is -0.387 e. The average Bonchev–Trinajstić information content (AvgIpc) is 2.90. The van der Waals surface area contributed by atoms with Crippen molar-refractivity contribution in [2.75, 3.05) is 6.54 Å². The number of hydrogen-bond donors (Lipinski definition) is 2. The highest BCUT2D eigenvalue weighted by Crippen LogP contribution is 2.28. The molecule has 0 aromatic rings. The van der Waals surface area contributed by atoms with E-state index in [4.69, 9.17) is 5.73 Å². The van der Waals surface area contributed by atoms with Crippen molar-refractivity contribution in [1.29, 1.82) is 0 Å². The summed E-state index contributed by atoms with van der Waals surface area (Å²) < 4.78 is 0. The molecule has 2 saturated carbocycles. The molecule has 2 aliphatic rings. The van der Waals surface area contributed by atoms with Crippen LogP contribution < -0.4 is 11.1 Å². The molecular weight excluding hydrogens is 166 g/mol. The first kappa shape index (κ1) is 8.53. The molecule has 0 radical (unpaired) electrons. The van der Waals surface area contributed by atoms with Gasteiger partial charge < -0.3 is 11.1 Å². The number of carbonyl (C=O) groups is 1. The summed E-state index contributed by atoms with van der Waals surface area (Å²) in [4.78, 5) is 15.2. The summed E-state index contributed by atoms with van der Waals surface area (Å²) in [7, 11) is 0. The molecule has 0 bridgehead atoms. The standard InChI is InChI=1S/C9H15N3O/c10-9(6-1-2-6)11-5-8(13)12-7-3-4-7/h6-7H,1-5H2,(H2,10,11)(H,12,13). The van der Waals surface area contributed by atoms with Crippen molar-refractivity contribution >= 4 is 11.7 Å². The maximum atomic E-state index is 11.2. The maximum Gasteiger partial charge on any atom is 0.241 e. The molecule has 3 N–H and O–H groups in total. The molecule has 0 aromatic carbocycles. The fraction of sp³-hybridized carbons (Fsp3) is 0.778. The summed E-state index contributed by atoms with van der Waals surface area (Å²) in [5.74, 6) is 1.13. The van der Waals surface area contributed by atoms with E-state index < -0.39 is 0 Å². The summed E-state index contributed by atoms with van der Waals surface area (Å²) in [6, 6.07) is 0.421. The third-order valence-corrected chi connectivity index (χ3v) is 2.34. The highest BCUT2D eigenvalue weighted by atomic mass is 16.1. The van der Waals surface area contributed by atoms with Gasteiger partial charge in [0.05, 0.1) is 5.84 Å². The lowest BCUT2D eigenvalue weighted by Gasteiger charge is -2.00. The van der Waals surface area contributed by atoms with Crippen LogP contribution in [0.4, 0.5) is 0 Å². The van der Waals surface area contributed by atoms with Crippen molar-refractivity contribution in [1.82, 2.24) is 5.32 Å². The van der Waals surface area contributed by atoms with Crippen LogP contribution in [0, 0.1) is 5.92 Å². The summed E-state index contributed by atoms with van der Waals surface area (Å²) in [6.45, 7) is 0.207. The highest BCUT2D eigenvalue weighted by molar-refractivity contribution is 5.88. The van der Waals surface area contributed by atoms with Crippen molar-refractivity contribution in [2.45, 2.75) is 31.7 Å². The molecular formula is C9H15N3O. The van der Waals surface area contributed by atoms with Crippen LogP contribution >= 0.6 is 0 Å². The van der Waals surface area contributed by atoms with Crippen LogP contribution in [0.25, 0.3) is 0 Å². The number of amidine groups is 1. The van der Waals surface area contributed by atoms with E-state index in [-0.39, 0.29) is 12.5 Å².